The number of amides is 2. The van der Waals surface area contributed by atoms with E-state index in [1.807, 2.05) is 13.8 Å². The molecule has 0 unspecified atom stereocenters. The first-order valence-electron chi connectivity index (χ1n) is 11.0. The number of nitrogens with zero attached hydrogens (tertiary/aromatic N) is 2. The van der Waals surface area contributed by atoms with Crippen LogP contribution in [0.3, 0.4) is 0 Å². The maximum Gasteiger partial charge on any atom is 0.341 e. The van der Waals surface area contributed by atoms with Gasteiger partial charge >= 0.3 is 5.97 Å². The van der Waals surface area contributed by atoms with E-state index >= 15 is 0 Å². The van der Waals surface area contributed by atoms with E-state index < -0.39 is 11.9 Å². The first-order valence-corrected chi connectivity index (χ1v) is 12.5. The van der Waals surface area contributed by atoms with Gasteiger partial charge in [-0.3, -0.25) is 9.59 Å². The van der Waals surface area contributed by atoms with E-state index in [0.29, 0.717) is 39.1 Å². The second kappa shape index (κ2) is 11.2. The fourth-order valence-corrected chi connectivity index (χ4v) is 5.34. The molecule has 2 aromatic heterocycles. The molecule has 1 N–H and O–H groups in total. The van der Waals surface area contributed by atoms with Gasteiger partial charge in [0, 0.05) is 18.7 Å². The van der Waals surface area contributed by atoms with Crippen molar-refractivity contribution in [2.24, 2.45) is 0 Å². The Morgan fingerprint density at radius 1 is 1.09 bits per heavy atom. The highest BCUT2D eigenvalue weighted by Gasteiger charge is 2.31. The lowest BCUT2D eigenvalue weighted by atomic mass is 10.1. The normalized spacial score (nSPS) is 10.8. The van der Waals surface area contributed by atoms with E-state index in [1.54, 1.807) is 43.9 Å². The third-order valence-corrected chi connectivity index (χ3v) is 7.21. The second-order valence-electron chi connectivity index (χ2n) is 7.47. The average Bonchev–Trinajstić information content (AvgIpc) is 3.34. The topological polar surface area (TPSA) is 102 Å². The molecule has 186 valence electrons. The molecule has 0 aliphatic rings. The molecule has 0 fully saturated rings. The molecule has 0 aliphatic carbocycles. The largest absolute Gasteiger partial charge is 0.462 e. The third kappa shape index (κ3) is 5.22. The van der Waals surface area contributed by atoms with Crippen LogP contribution in [0.15, 0.2) is 22.7 Å². The van der Waals surface area contributed by atoms with Gasteiger partial charge in [-0.25, -0.2) is 4.79 Å². The number of ether oxygens (including phenoxy) is 1. The van der Waals surface area contributed by atoms with Crippen LogP contribution >= 0.6 is 34.5 Å². The zero-order valence-corrected chi connectivity index (χ0v) is 22.3. The summed E-state index contributed by atoms with van der Waals surface area (Å²) in [4.78, 5) is 41.3. The first-order chi connectivity index (χ1) is 16.7. The highest BCUT2D eigenvalue weighted by atomic mass is 35.5. The van der Waals surface area contributed by atoms with Gasteiger partial charge < -0.3 is 19.5 Å². The van der Waals surface area contributed by atoms with E-state index in [4.69, 9.17) is 32.5 Å². The molecule has 0 saturated heterocycles. The summed E-state index contributed by atoms with van der Waals surface area (Å²) < 4.78 is 10.5. The number of aromatic nitrogens is 1. The van der Waals surface area contributed by atoms with Crippen LogP contribution in [0.25, 0.3) is 11.3 Å². The minimum atomic E-state index is -0.633. The van der Waals surface area contributed by atoms with Crippen molar-refractivity contribution in [1.82, 2.24) is 10.1 Å². The summed E-state index contributed by atoms with van der Waals surface area (Å²) in [5.74, 6) is -1.22. The molecule has 3 aromatic rings. The first kappa shape index (κ1) is 26.7. The van der Waals surface area contributed by atoms with Gasteiger partial charge in [0.2, 0.25) is 0 Å². The van der Waals surface area contributed by atoms with Gasteiger partial charge in [-0.05, 0) is 52.3 Å². The lowest BCUT2D eigenvalue weighted by Gasteiger charge is -2.18. The van der Waals surface area contributed by atoms with Crippen LogP contribution in [-0.4, -0.2) is 47.5 Å². The lowest BCUT2D eigenvalue weighted by Crippen LogP contribution is -2.30. The number of thiophene rings is 1. The van der Waals surface area contributed by atoms with Crippen LogP contribution in [0.5, 0.6) is 0 Å². The molecule has 0 atom stereocenters. The minimum Gasteiger partial charge on any atom is -0.462 e. The molecule has 2 amide bonds. The molecule has 8 nitrogen and oxygen atoms in total. The van der Waals surface area contributed by atoms with Gasteiger partial charge in [0.15, 0.2) is 0 Å². The Hall–Kier alpha value is -2.88. The quantitative estimate of drug-likeness (QED) is 0.341. The number of aryl methyl sites for hydroxylation is 1. The Morgan fingerprint density at radius 3 is 2.29 bits per heavy atom. The molecule has 3 rings (SSSR count). The Bertz CT molecular complexity index is 1260. The van der Waals surface area contributed by atoms with Gasteiger partial charge in [-0.1, -0.05) is 34.4 Å². The summed E-state index contributed by atoms with van der Waals surface area (Å²) in [5.41, 5.74) is 1.20. The smallest absolute Gasteiger partial charge is 0.341 e. The van der Waals surface area contributed by atoms with E-state index in [1.165, 1.54) is 0 Å². The van der Waals surface area contributed by atoms with Gasteiger partial charge in [-0.2, -0.15) is 0 Å². The van der Waals surface area contributed by atoms with Crippen LogP contribution in [0, 0.1) is 13.8 Å². The van der Waals surface area contributed by atoms with E-state index in [9.17, 15) is 14.4 Å². The zero-order chi connectivity index (χ0) is 25.9. The summed E-state index contributed by atoms with van der Waals surface area (Å²) >= 11 is 13.7. The van der Waals surface area contributed by atoms with Crippen molar-refractivity contribution in [2.45, 2.75) is 34.6 Å². The molecule has 0 radical (unpaired) electrons. The van der Waals surface area contributed by atoms with E-state index in [0.717, 1.165) is 11.3 Å². The predicted octanol–water partition coefficient (Wildman–Crippen LogP) is 6.24. The number of rotatable bonds is 8. The highest BCUT2D eigenvalue weighted by molar-refractivity contribution is 7.18. The van der Waals surface area contributed by atoms with Crippen LogP contribution < -0.4 is 5.32 Å². The van der Waals surface area contributed by atoms with Crippen molar-refractivity contribution in [3.05, 3.63) is 55.6 Å². The number of esters is 1. The minimum absolute atomic E-state index is 0.109. The standard InChI is InChI=1S/C24H25Cl2N3O5S/c1-6-29(7-2)23(31)20-12(4)16(24(32)33-8-3)22(35-20)27-21(30)17-13(5)34-28-19(17)18-14(25)10-9-11-15(18)26/h9-11H,6-8H2,1-5H3,(H,27,30). The van der Waals surface area contributed by atoms with Crippen LogP contribution in [0.1, 0.15) is 62.5 Å². The Labute approximate surface area is 217 Å². The fourth-order valence-electron chi connectivity index (χ4n) is 3.61. The molecule has 2 heterocycles. The van der Waals surface area contributed by atoms with Crippen molar-refractivity contribution < 1.29 is 23.6 Å². The summed E-state index contributed by atoms with van der Waals surface area (Å²) in [7, 11) is 0. The summed E-state index contributed by atoms with van der Waals surface area (Å²) in [6, 6.07) is 4.93. The Kier molecular flexibility index (Phi) is 8.58. The number of hydrogen-bond donors (Lipinski definition) is 1. The fraction of sp³-hybridized carbons (Fsp3) is 0.333. The molecule has 0 spiro atoms. The van der Waals surface area contributed by atoms with Crippen LogP contribution in [0.4, 0.5) is 5.00 Å². The lowest BCUT2D eigenvalue weighted by molar-refractivity contribution is 0.0527. The second-order valence-corrected chi connectivity index (χ2v) is 9.31. The number of carbonyl (C=O) groups is 3. The number of carbonyl (C=O) groups excluding carboxylic acids is 3. The number of hydrogen-bond acceptors (Lipinski definition) is 7. The summed E-state index contributed by atoms with van der Waals surface area (Å²) in [6.07, 6.45) is 0. The molecule has 1 aromatic carbocycles. The van der Waals surface area contributed by atoms with Gasteiger partial charge in [0.25, 0.3) is 11.8 Å². The predicted molar refractivity (Wildman–Crippen MR) is 137 cm³/mol. The van der Waals surface area contributed by atoms with Gasteiger partial charge in [-0.15, -0.1) is 11.3 Å². The average molecular weight is 538 g/mol. The number of anilines is 1. The third-order valence-electron chi connectivity index (χ3n) is 5.39. The molecule has 0 aliphatic heterocycles. The number of nitrogens with one attached hydrogen (secondary N) is 1. The molecular weight excluding hydrogens is 513 g/mol. The highest BCUT2D eigenvalue weighted by Crippen LogP contribution is 2.39. The van der Waals surface area contributed by atoms with E-state index in [-0.39, 0.29) is 40.1 Å². The van der Waals surface area contributed by atoms with Gasteiger partial charge in [0.1, 0.15) is 22.0 Å². The maximum atomic E-state index is 13.4. The number of halogens is 2. The van der Waals surface area contributed by atoms with Gasteiger partial charge in [0.05, 0.1) is 27.1 Å². The molecule has 11 heteroatoms. The Balaban J connectivity index is 2.09. The van der Waals surface area contributed by atoms with Crippen molar-refractivity contribution >= 4 is 57.3 Å². The summed E-state index contributed by atoms with van der Waals surface area (Å²) in [6.45, 7) is 9.81. The van der Waals surface area contributed by atoms with Crippen molar-refractivity contribution in [3.63, 3.8) is 0 Å². The van der Waals surface area contributed by atoms with E-state index in [2.05, 4.69) is 10.5 Å². The molecule has 0 saturated carbocycles. The SMILES string of the molecule is CCOC(=O)c1c(NC(=O)c2c(-c3c(Cl)cccc3Cl)noc2C)sc(C(=O)N(CC)CC)c1C. The van der Waals surface area contributed by atoms with Crippen molar-refractivity contribution in [1.29, 1.82) is 0 Å². The molecule has 0 bridgehead atoms. The van der Waals surface area contributed by atoms with Crippen molar-refractivity contribution in [2.75, 3.05) is 25.0 Å². The van der Waals surface area contributed by atoms with Crippen molar-refractivity contribution in [3.8, 4) is 11.3 Å². The summed E-state index contributed by atoms with van der Waals surface area (Å²) in [5, 5.41) is 7.54. The molecule has 35 heavy (non-hydrogen) atoms. The van der Waals surface area contributed by atoms with Crippen LogP contribution in [-0.2, 0) is 4.74 Å². The maximum absolute atomic E-state index is 13.4. The Morgan fingerprint density at radius 2 is 1.71 bits per heavy atom. The number of benzene rings is 1. The molecular formula is C24H25Cl2N3O5S. The zero-order valence-electron chi connectivity index (χ0n) is 20.0. The van der Waals surface area contributed by atoms with Crippen LogP contribution in [0.2, 0.25) is 10.0 Å². The monoisotopic (exact) mass is 537 g/mol.